The van der Waals surface area contributed by atoms with Gasteiger partial charge in [0, 0.05) is 5.56 Å². The largest absolute Gasteiger partial charge is 0.508 e. The average Bonchev–Trinajstić information content (AvgIpc) is 2.57. The Morgan fingerprint density at radius 1 is 1.08 bits per heavy atom. The van der Waals surface area contributed by atoms with E-state index in [1.54, 1.807) is 19.1 Å². The molecule has 3 N–H and O–H groups in total. The van der Waals surface area contributed by atoms with Crippen molar-refractivity contribution < 1.29 is 24.6 Å². The van der Waals surface area contributed by atoms with Gasteiger partial charge in [-0.15, -0.1) is 0 Å². The fourth-order valence-corrected chi connectivity index (χ4v) is 2.03. The van der Waals surface area contributed by atoms with Crippen molar-refractivity contribution in [2.24, 2.45) is 0 Å². The summed E-state index contributed by atoms with van der Waals surface area (Å²) in [5, 5.41) is 19.6. The van der Waals surface area contributed by atoms with Crippen LogP contribution in [0.3, 0.4) is 0 Å². The maximum absolute atomic E-state index is 9.88. The molecule has 0 aliphatic heterocycles. The molecule has 0 fully saturated rings. The van der Waals surface area contributed by atoms with Gasteiger partial charge in [-0.05, 0) is 63.3 Å². The van der Waals surface area contributed by atoms with Gasteiger partial charge in [-0.1, -0.05) is 17.7 Å². The summed E-state index contributed by atoms with van der Waals surface area (Å²) in [5.74, 6) is 0.447. The van der Waals surface area contributed by atoms with Gasteiger partial charge < -0.3 is 10.2 Å². The molecule has 24 heavy (non-hydrogen) atoms. The molecule has 0 aliphatic rings. The molecule has 0 heterocycles. The Balaban J connectivity index is 0.00000254. The molecule has 0 aliphatic carbocycles. The van der Waals surface area contributed by atoms with Crippen molar-refractivity contribution in [1.29, 1.82) is 0 Å². The van der Waals surface area contributed by atoms with E-state index in [1.165, 1.54) is 12.7 Å². The second kappa shape index (κ2) is 12.8. The molecule has 0 saturated carbocycles. The Kier molecular flexibility index (Phi) is 12.0. The van der Waals surface area contributed by atoms with Gasteiger partial charge in [-0.25, -0.2) is 9.78 Å². The fraction of sp³-hybridized carbons (Fsp3) is 0.444. The molecule has 5 nitrogen and oxygen atoms in total. The summed E-state index contributed by atoms with van der Waals surface area (Å²) >= 11 is 3.64. The Morgan fingerprint density at radius 3 is 2.38 bits per heavy atom. The van der Waals surface area contributed by atoms with Crippen molar-refractivity contribution in [3.63, 3.8) is 0 Å². The van der Waals surface area contributed by atoms with Crippen LogP contribution in [0.2, 0.25) is 0 Å². The average molecular weight is 359 g/mol. The summed E-state index contributed by atoms with van der Waals surface area (Å²) in [6.07, 6.45) is 6.71. The molecular weight excluding hydrogens is 332 g/mol. The zero-order chi connectivity index (χ0) is 18.5. The van der Waals surface area contributed by atoms with E-state index in [1.807, 2.05) is 6.92 Å². The number of aryl methyl sites for hydroxylation is 1. The number of phenols is 2. The van der Waals surface area contributed by atoms with E-state index in [-0.39, 0.29) is 11.5 Å². The number of hydrogen-bond donors (Lipinski definition) is 3. The highest BCUT2D eigenvalue weighted by molar-refractivity contribution is 6.04. The van der Waals surface area contributed by atoms with Crippen LogP contribution in [0.15, 0.2) is 35.4 Å². The Labute approximate surface area is 148 Å². The lowest BCUT2D eigenvalue weighted by atomic mass is 10.0. The van der Waals surface area contributed by atoms with Crippen LogP contribution >= 0.6 is 11.9 Å². The third-order valence-corrected chi connectivity index (χ3v) is 3.50. The van der Waals surface area contributed by atoms with Gasteiger partial charge in [0.05, 0.1) is 19.0 Å². The van der Waals surface area contributed by atoms with Gasteiger partial charge in [0.1, 0.15) is 18.1 Å². The van der Waals surface area contributed by atoms with E-state index in [9.17, 15) is 10.2 Å². The summed E-state index contributed by atoms with van der Waals surface area (Å²) < 4.78 is 6.47. The Bertz CT molecular complexity index is 553. The van der Waals surface area contributed by atoms with Crippen molar-refractivity contribution in [3.05, 3.63) is 46.6 Å². The van der Waals surface area contributed by atoms with Gasteiger partial charge in [-0.3, -0.25) is 4.66 Å². The van der Waals surface area contributed by atoms with Crippen molar-refractivity contribution in [3.8, 4) is 11.5 Å². The zero-order valence-corrected chi connectivity index (χ0v) is 15.4. The van der Waals surface area contributed by atoms with Crippen molar-refractivity contribution >= 4 is 11.9 Å². The first-order valence-electron chi connectivity index (χ1n) is 7.59. The van der Waals surface area contributed by atoms with Gasteiger partial charge in [0.2, 0.25) is 0 Å². The summed E-state index contributed by atoms with van der Waals surface area (Å²) in [4.78, 5) is 9.42. The molecule has 0 aromatic heterocycles. The predicted octanol–water partition coefficient (Wildman–Crippen LogP) is 4.33. The summed E-state index contributed by atoms with van der Waals surface area (Å²) in [6.45, 7) is 6.32. The first-order chi connectivity index (χ1) is 11.4. The minimum Gasteiger partial charge on any atom is -0.508 e. The molecule has 136 valence electrons. The monoisotopic (exact) mass is 358 g/mol. The topological polar surface area (TPSA) is 79.2 Å². The number of aromatic hydroxyl groups is 2. The molecule has 0 unspecified atom stereocenters. The predicted molar refractivity (Wildman–Crippen MR) is 96.0 cm³/mol. The quantitative estimate of drug-likeness (QED) is 0.279. The van der Waals surface area contributed by atoms with Crippen LogP contribution in [0.4, 0.5) is 0 Å². The number of phenolic OH excluding ortho intramolecular Hbond substituents is 2. The van der Waals surface area contributed by atoms with E-state index in [4.69, 9.17) is 9.55 Å². The molecule has 1 aromatic rings. The highest BCUT2D eigenvalue weighted by Crippen LogP contribution is 2.27. The van der Waals surface area contributed by atoms with Crippen molar-refractivity contribution in [2.75, 3.05) is 13.7 Å². The molecule has 0 saturated heterocycles. The lowest BCUT2D eigenvalue weighted by Gasteiger charge is -2.06. The molecule has 0 bridgehead atoms. The molecule has 1 aromatic carbocycles. The molecule has 0 radical (unpaired) electrons. The second-order valence-corrected chi connectivity index (χ2v) is 5.54. The van der Waals surface area contributed by atoms with Gasteiger partial charge in [0.15, 0.2) is 0 Å². The van der Waals surface area contributed by atoms with Crippen LogP contribution in [0.1, 0.15) is 37.8 Å². The Hall–Kier alpha value is -1.53. The molecule has 1 rings (SSSR count). The van der Waals surface area contributed by atoms with Crippen LogP contribution in [0.25, 0.3) is 0 Å². The maximum Gasteiger partial charge on any atom is 0.119 e. The first kappa shape index (κ1) is 22.5. The summed E-state index contributed by atoms with van der Waals surface area (Å²) in [6, 6.07) is 3.22. The first-order valence-corrected chi connectivity index (χ1v) is 7.93. The minimum atomic E-state index is 0.218. The standard InChI is InChI=1S/C18H26O4.ClHO/c1-13(6-5-7-14(2)12-22-21-4)8-9-16-11-17(19)15(3)10-18(16)20;1-2/h7-8,10-11,19-20H,5-6,9,12H2,1-4H3;2H/b13-8+,14-7+;. The number of hydrogen-bond acceptors (Lipinski definition) is 5. The van der Waals surface area contributed by atoms with E-state index < -0.39 is 0 Å². The van der Waals surface area contributed by atoms with Crippen LogP contribution < -0.4 is 0 Å². The maximum atomic E-state index is 9.88. The molecular formula is C18H27ClO5. The summed E-state index contributed by atoms with van der Waals surface area (Å²) in [5.41, 5.74) is 3.80. The molecule has 0 atom stereocenters. The third-order valence-electron chi connectivity index (χ3n) is 3.50. The normalized spacial score (nSPS) is 11.9. The smallest absolute Gasteiger partial charge is 0.119 e. The minimum absolute atomic E-state index is 0.218. The zero-order valence-electron chi connectivity index (χ0n) is 14.7. The Morgan fingerprint density at radius 2 is 1.75 bits per heavy atom. The number of halogens is 1. The van der Waals surface area contributed by atoms with Crippen molar-refractivity contribution in [2.45, 2.75) is 40.0 Å². The van der Waals surface area contributed by atoms with Gasteiger partial charge in [0.25, 0.3) is 0 Å². The molecule has 6 heteroatoms. The lowest BCUT2D eigenvalue weighted by molar-refractivity contribution is -0.265. The van der Waals surface area contributed by atoms with E-state index in [0.717, 1.165) is 24.0 Å². The van der Waals surface area contributed by atoms with E-state index in [0.29, 0.717) is 18.6 Å². The van der Waals surface area contributed by atoms with Gasteiger partial charge >= 0.3 is 0 Å². The van der Waals surface area contributed by atoms with Crippen LogP contribution in [-0.2, 0) is 16.2 Å². The highest BCUT2D eigenvalue weighted by Gasteiger charge is 2.04. The van der Waals surface area contributed by atoms with Crippen LogP contribution in [-0.4, -0.2) is 28.6 Å². The van der Waals surface area contributed by atoms with Crippen molar-refractivity contribution in [1.82, 2.24) is 0 Å². The lowest BCUT2D eigenvalue weighted by Crippen LogP contribution is -1.94. The number of rotatable bonds is 8. The molecule has 0 amide bonds. The number of allylic oxidation sites excluding steroid dienone is 3. The third kappa shape index (κ3) is 8.93. The van der Waals surface area contributed by atoms with E-state index in [2.05, 4.69) is 35.8 Å². The highest BCUT2D eigenvalue weighted by atomic mass is 35.5. The second-order valence-electron chi connectivity index (χ2n) is 5.54. The van der Waals surface area contributed by atoms with Crippen LogP contribution in [0.5, 0.6) is 11.5 Å². The number of benzene rings is 1. The fourth-order valence-electron chi connectivity index (χ4n) is 2.03. The SMILES string of the molecule is COOC/C(C)=C/CC/C(C)=C/Cc1cc(O)c(C)cc1O.OCl. The van der Waals surface area contributed by atoms with E-state index >= 15 is 0 Å². The molecule has 0 spiro atoms. The summed E-state index contributed by atoms with van der Waals surface area (Å²) in [7, 11) is 1.50. The van der Waals surface area contributed by atoms with Gasteiger partial charge in [-0.2, -0.15) is 0 Å². The van der Waals surface area contributed by atoms with Crippen LogP contribution in [0, 0.1) is 6.92 Å².